The summed E-state index contributed by atoms with van der Waals surface area (Å²) < 4.78 is 0. The molecule has 0 aromatic heterocycles. The Morgan fingerprint density at radius 1 is 1.14 bits per heavy atom. The van der Waals surface area contributed by atoms with Gasteiger partial charge in [0.15, 0.2) is 5.92 Å². The van der Waals surface area contributed by atoms with Gasteiger partial charge >= 0.3 is 0 Å². The van der Waals surface area contributed by atoms with Crippen molar-refractivity contribution in [2.75, 3.05) is 5.32 Å². The van der Waals surface area contributed by atoms with Crippen molar-refractivity contribution in [2.45, 2.75) is 12.8 Å². The maximum Gasteiger partial charge on any atom is 0.246 e. The van der Waals surface area contributed by atoms with Crippen LogP contribution < -0.4 is 5.32 Å². The third-order valence-corrected chi connectivity index (χ3v) is 3.15. The molecule has 4 heteroatoms. The van der Waals surface area contributed by atoms with Crippen LogP contribution in [0.15, 0.2) is 48.5 Å². The van der Waals surface area contributed by atoms with E-state index < -0.39 is 11.8 Å². The van der Waals surface area contributed by atoms with Gasteiger partial charge in [-0.15, -0.1) is 0 Å². The van der Waals surface area contributed by atoms with Crippen LogP contribution in [-0.4, -0.2) is 5.91 Å². The number of aryl methyl sites for hydroxylation is 1. The molecule has 0 radical (unpaired) electrons. The van der Waals surface area contributed by atoms with Crippen molar-refractivity contribution < 1.29 is 4.79 Å². The molecule has 0 aliphatic rings. The number of anilines is 1. The molecule has 0 aliphatic carbocycles. The smallest absolute Gasteiger partial charge is 0.246 e. The molecule has 1 atom stereocenters. The fraction of sp³-hybridized carbons (Fsp3) is 0.118. The molecule has 21 heavy (non-hydrogen) atoms. The first-order chi connectivity index (χ1) is 10.2. The van der Waals surface area contributed by atoms with E-state index in [0.717, 1.165) is 5.56 Å². The lowest BCUT2D eigenvalue weighted by Gasteiger charge is -2.12. The minimum absolute atomic E-state index is 0.401. The number of hydrogen-bond acceptors (Lipinski definition) is 3. The second-order valence-corrected chi connectivity index (χ2v) is 4.60. The van der Waals surface area contributed by atoms with Gasteiger partial charge in [0.1, 0.15) is 0 Å². The summed E-state index contributed by atoms with van der Waals surface area (Å²) in [6, 6.07) is 18.0. The van der Waals surface area contributed by atoms with Crippen LogP contribution in [0, 0.1) is 29.6 Å². The standard InChI is InChI=1S/C17H13N3O/c1-12-7-8-13(10-18)9-16(12)20-17(21)15(11-19)14-5-3-2-4-6-14/h2-9,15H,1H3,(H,20,21). The fourth-order valence-electron chi connectivity index (χ4n) is 1.96. The molecule has 0 fully saturated rings. The zero-order valence-electron chi connectivity index (χ0n) is 11.5. The Kier molecular flexibility index (Phi) is 4.33. The summed E-state index contributed by atoms with van der Waals surface area (Å²) in [6.07, 6.45) is 0. The molecule has 2 aromatic carbocycles. The molecule has 0 heterocycles. The van der Waals surface area contributed by atoms with E-state index in [0.29, 0.717) is 16.8 Å². The number of hydrogen-bond donors (Lipinski definition) is 1. The molecule has 0 aliphatic heterocycles. The maximum absolute atomic E-state index is 12.3. The van der Waals surface area contributed by atoms with Crippen LogP contribution in [0.4, 0.5) is 5.69 Å². The second kappa shape index (κ2) is 6.36. The number of carbonyl (C=O) groups is 1. The fourth-order valence-corrected chi connectivity index (χ4v) is 1.96. The van der Waals surface area contributed by atoms with E-state index in [-0.39, 0.29) is 0 Å². The molecule has 0 saturated carbocycles. The summed E-state index contributed by atoms with van der Waals surface area (Å²) in [5.74, 6) is -1.28. The van der Waals surface area contributed by atoms with Crippen molar-refractivity contribution in [1.29, 1.82) is 10.5 Å². The van der Waals surface area contributed by atoms with Crippen LogP contribution in [0.2, 0.25) is 0 Å². The van der Waals surface area contributed by atoms with Gasteiger partial charge in [-0.05, 0) is 30.2 Å². The summed E-state index contributed by atoms with van der Waals surface area (Å²) in [5.41, 5.74) is 2.50. The Morgan fingerprint density at radius 2 is 1.86 bits per heavy atom. The third kappa shape index (κ3) is 3.26. The van der Waals surface area contributed by atoms with Gasteiger partial charge in [-0.2, -0.15) is 10.5 Å². The van der Waals surface area contributed by atoms with Gasteiger partial charge < -0.3 is 5.32 Å². The van der Waals surface area contributed by atoms with Gasteiger partial charge in [0.05, 0.1) is 17.7 Å². The summed E-state index contributed by atoms with van der Waals surface area (Å²) in [5, 5.41) is 20.9. The lowest BCUT2D eigenvalue weighted by atomic mass is 9.99. The molecule has 2 rings (SSSR count). The van der Waals surface area contributed by atoms with Crippen molar-refractivity contribution in [3.63, 3.8) is 0 Å². The number of rotatable bonds is 3. The van der Waals surface area contributed by atoms with E-state index in [4.69, 9.17) is 5.26 Å². The van der Waals surface area contributed by atoms with Crippen LogP contribution in [0.25, 0.3) is 0 Å². The van der Waals surface area contributed by atoms with Gasteiger partial charge in [0.25, 0.3) is 0 Å². The van der Waals surface area contributed by atoms with E-state index in [1.165, 1.54) is 0 Å². The molecule has 1 N–H and O–H groups in total. The monoisotopic (exact) mass is 275 g/mol. The number of carbonyl (C=O) groups excluding carboxylic acids is 1. The van der Waals surface area contributed by atoms with Crippen LogP contribution in [0.3, 0.4) is 0 Å². The van der Waals surface area contributed by atoms with Crippen LogP contribution in [-0.2, 0) is 4.79 Å². The second-order valence-electron chi connectivity index (χ2n) is 4.60. The molecule has 0 bridgehead atoms. The van der Waals surface area contributed by atoms with Crippen molar-refractivity contribution >= 4 is 11.6 Å². The summed E-state index contributed by atoms with van der Waals surface area (Å²) in [7, 11) is 0. The summed E-state index contributed by atoms with van der Waals surface area (Å²) in [4.78, 5) is 12.3. The lowest BCUT2D eigenvalue weighted by Crippen LogP contribution is -2.20. The Bertz CT molecular complexity index is 739. The number of nitrogens with zero attached hydrogens (tertiary/aromatic N) is 2. The highest BCUT2D eigenvalue weighted by molar-refractivity contribution is 5.98. The molecule has 0 spiro atoms. The molecular weight excluding hydrogens is 262 g/mol. The highest BCUT2D eigenvalue weighted by atomic mass is 16.1. The number of nitriles is 2. The predicted octanol–water partition coefficient (Wildman–Crippen LogP) is 3.11. The Labute approximate surface area is 123 Å². The number of nitrogens with one attached hydrogen (secondary N) is 1. The molecule has 0 saturated heterocycles. The summed E-state index contributed by atoms with van der Waals surface area (Å²) in [6.45, 7) is 1.83. The van der Waals surface area contributed by atoms with Crippen LogP contribution in [0.5, 0.6) is 0 Å². The highest BCUT2D eigenvalue weighted by Gasteiger charge is 2.20. The average molecular weight is 275 g/mol. The minimum Gasteiger partial charge on any atom is -0.324 e. The van der Waals surface area contributed by atoms with E-state index in [1.54, 1.807) is 42.5 Å². The first kappa shape index (κ1) is 14.3. The Morgan fingerprint density at radius 3 is 2.48 bits per heavy atom. The molecule has 1 amide bonds. The molecule has 1 unspecified atom stereocenters. The lowest BCUT2D eigenvalue weighted by molar-refractivity contribution is -0.116. The predicted molar refractivity (Wildman–Crippen MR) is 79.3 cm³/mol. The largest absolute Gasteiger partial charge is 0.324 e. The first-order valence-corrected chi connectivity index (χ1v) is 6.42. The zero-order chi connectivity index (χ0) is 15.2. The van der Waals surface area contributed by atoms with Crippen LogP contribution in [0.1, 0.15) is 22.6 Å². The molecule has 2 aromatic rings. The van der Waals surface area contributed by atoms with Crippen molar-refractivity contribution in [3.8, 4) is 12.1 Å². The topological polar surface area (TPSA) is 76.7 Å². The SMILES string of the molecule is Cc1ccc(C#N)cc1NC(=O)C(C#N)c1ccccc1. The molecule has 102 valence electrons. The number of amides is 1. The molecule has 4 nitrogen and oxygen atoms in total. The van der Waals surface area contributed by atoms with Gasteiger partial charge in [0, 0.05) is 5.69 Å². The van der Waals surface area contributed by atoms with E-state index >= 15 is 0 Å². The van der Waals surface area contributed by atoms with Gasteiger partial charge in [-0.3, -0.25) is 4.79 Å². The normalized spacial score (nSPS) is 11.0. The number of benzene rings is 2. The maximum atomic E-state index is 12.3. The summed E-state index contributed by atoms with van der Waals surface area (Å²) >= 11 is 0. The van der Waals surface area contributed by atoms with E-state index in [2.05, 4.69) is 5.32 Å². The van der Waals surface area contributed by atoms with Crippen molar-refractivity contribution in [2.24, 2.45) is 0 Å². The Hall–Kier alpha value is -3.11. The van der Waals surface area contributed by atoms with Crippen molar-refractivity contribution in [3.05, 3.63) is 65.2 Å². The quantitative estimate of drug-likeness (QED) is 0.934. The van der Waals surface area contributed by atoms with Gasteiger partial charge in [-0.1, -0.05) is 36.4 Å². The van der Waals surface area contributed by atoms with Crippen molar-refractivity contribution in [1.82, 2.24) is 0 Å². The average Bonchev–Trinajstić information content (AvgIpc) is 2.51. The first-order valence-electron chi connectivity index (χ1n) is 6.42. The third-order valence-electron chi connectivity index (χ3n) is 3.15. The van der Waals surface area contributed by atoms with Crippen LogP contribution >= 0.6 is 0 Å². The van der Waals surface area contributed by atoms with E-state index in [1.807, 2.05) is 25.1 Å². The minimum atomic E-state index is -0.878. The van der Waals surface area contributed by atoms with E-state index in [9.17, 15) is 10.1 Å². The van der Waals surface area contributed by atoms with Gasteiger partial charge in [-0.25, -0.2) is 0 Å². The molecular formula is C17H13N3O. The Balaban J connectivity index is 2.25. The zero-order valence-corrected chi connectivity index (χ0v) is 11.5. The van der Waals surface area contributed by atoms with Gasteiger partial charge in [0.2, 0.25) is 5.91 Å². The highest BCUT2D eigenvalue weighted by Crippen LogP contribution is 2.21.